The molecule has 0 radical (unpaired) electrons. The van der Waals surface area contributed by atoms with Gasteiger partial charge in [-0.05, 0) is 12.1 Å². The van der Waals surface area contributed by atoms with Crippen LogP contribution in [-0.2, 0) is 0 Å². The number of benzene rings is 1. The highest BCUT2D eigenvalue weighted by Gasteiger charge is 2.10. The standard InChI is InChI=1S/C9H9N3O2/c1-13-8-4-6(10)2-3-7(8)9-12-11-5-14-9/h2-5H,10H2,1H3. The van der Waals surface area contributed by atoms with Crippen molar-refractivity contribution in [1.29, 1.82) is 0 Å². The molecule has 0 fully saturated rings. The Kier molecular flexibility index (Phi) is 2.06. The number of aromatic nitrogens is 2. The second-order valence-corrected chi connectivity index (χ2v) is 2.70. The second-order valence-electron chi connectivity index (χ2n) is 2.70. The topological polar surface area (TPSA) is 74.2 Å². The Morgan fingerprint density at radius 3 is 2.93 bits per heavy atom. The first kappa shape index (κ1) is 8.55. The van der Waals surface area contributed by atoms with E-state index in [2.05, 4.69) is 10.2 Å². The molecule has 0 unspecified atom stereocenters. The van der Waals surface area contributed by atoms with Gasteiger partial charge in [0.25, 0.3) is 5.89 Å². The van der Waals surface area contributed by atoms with E-state index in [1.165, 1.54) is 6.39 Å². The molecule has 2 N–H and O–H groups in total. The maximum absolute atomic E-state index is 5.61. The van der Waals surface area contributed by atoms with E-state index in [1.807, 2.05) is 0 Å². The van der Waals surface area contributed by atoms with Crippen molar-refractivity contribution in [3.63, 3.8) is 0 Å². The zero-order valence-corrected chi connectivity index (χ0v) is 7.60. The van der Waals surface area contributed by atoms with Crippen molar-refractivity contribution in [3.8, 4) is 17.2 Å². The third-order valence-corrected chi connectivity index (χ3v) is 1.82. The molecule has 0 saturated heterocycles. The van der Waals surface area contributed by atoms with E-state index < -0.39 is 0 Å². The summed E-state index contributed by atoms with van der Waals surface area (Å²) in [5.41, 5.74) is 6.97. The van der Waals surface area contributed by atoms with E-state index in [9.17, 15) is 0 Å². The normalized spacial score (nSPS) is 10.1. The number of methoxy groups -OCH3 is 1. The molecule has 0 saturated carbocycles. The molecule has 0 amide bonds. The fraction of sp³-hybridized carbons (Fsp3) is 0.111. The van der Waals surface area contributed by atoms with Gasteiger partial charge in [0.2, 0.25) is 6.39 Å². The Bertz CT molecular complexity index is 426. The molecule has 72 valence electrons. The van der Waals surface area contributed by atoms with E-state index in [-0.39, 0.29) is 0 Å². The molecule has 5 heteroatoms. The quantitative estimate of drug-likeness (QED) is 0.725. The van der Waals surface area contributed by atoms with Crippen LogP contribution in [0, 0.1) is 0 Å². The van der Waals surface area contributed by atoms with Crippen LogP contribution in [0.25, 0.3) is 11.5 Å². The van der Waals surface area contributed by atoms with Gasteiger partial charge in [-0.3, -0.25) is 0 Å². The van der Waals surface area contributed by atoms with Crippen LogP contribution >= 0.6 is 0 Å². The highest BCUT2D eigenvalue weighted by Crippen LogP contribution is 2.29. The number of hydrogen-bond acceptors (Lipinski definition) is 5. The lowest BCUT2D eigenvalue weighted by molar-refractivity contribution is 0.414. The third kappa shape index (κ3) is 1.39. The zero-order valence-electron chi connectivity index (χ0n) is 7.60. The molecule has 1 heterocycles. The van der Waals surface area contributed by atoms with Crippen LogP contribution < -0.4 is 10.5 Å². The summed E-state index contributed by atoms with van der Waals surface area (Å²) in [6, 6.07) is 5.24. The Hall–Kier alpha value is -2.04. The monoisotopic (exact) mass is 191 g/mol. The fourth-order valence-electron chi connectivity index (χ4n) is 1.17. The zero-order chi connectivity index (χ0) is 9.97. The molecule has 0 aliphatic heterocycles. The van der Waals surface area contributed by atoms with Crippen LogP contribution in [0.15, 0.2) is 29.0 Å². The van der Waals surface area contributed by atoms with Crippen LogP contribution in [0.3, 0.4) is 0 Å². The van der Waals surface area contributed by atoms with Crippen molar-refractivity contribution in [1.82, 2.24) is 10.2 Å². The molecule has 2 rings (SSSR count). The van der Waals surface area contributed by atoms with Crippen molar-refractivity contribution >= 4 is 5.69 Å². The summed E-state index contributed by atoms with van der Waals surface area (Å²) in [4.78, 5) is 0. The molecule has 1 aromatic carbocycles. The first-order valence-electron chi connectivity index (χ1n) is 4.01. The second kappa shape index (κ2) is 3.37. The van der Waals surface area contributed by atoms with Crippen LogP contribution in [0.1, 0.15) is 0 Å². The summed E-state index contributed by atoms with van der Waals surface area (Å²) in [7, 11) is 1.56. The molecule has 0 aliphatic carbocycles. The highest BCUT2D eigenvalue weighted by atomic mass is 16.5. The van der Waals surface area contributed by atoms with E-state index in [0.29, 0.717) is 17.3 Å². The summed E-state index contributed by atoms with van der Waals surface area (Å²) in [5.74, 6) is 1.04. The number of nitrogens with zero attached hydrogens (tertiary/aromatic N) is 2. The number of ether oxygens (including phenoxy) is 1. The minimum atomic E-state index is 0.418. The first-order chi connectivity index (χ1) is 6.81. The summed E-state index contributed by atoms with van der Waals surface area (Å²) >= 11 is 0. The minimum Gasteiger partial charge on any atom is -0.496 e. The number of anilines is 1. The van der Waals surface area contributed by atoms with Gasteiger partial charge in [-0.15, -0.1) is 10.2 Å². The van der Waals surface area contributed by atoms with Crippen molar-refractivity contribution in [2.24, 2.45) is 0 Å². The predicted octanol–water partition coefficient (Wildman–Crippen LogP) is 1.33. The van der Waals surface area contributed by atoms with Crippen molar-refractivity contribution in [2.45, 2.75) is 0 Å². The molecular weight excluding hydrogens is 182 g/mol. The largest absolute Gasteiger partial charge is 0.496 e. The van der Waals surface area contributed by atoms with E-state index in [1.54, 1.807) is 25.3 Å². The van der Waals surface area contributed by atoms with Gasteiger partial charge in [-0.25, -0.2) is 0 Å². The number of hydrogen-bond donors (Lipinski definition) is 1. The smallest absolute Gasteiger partial charge is 0.251 e. The molecule has 0 aliphatic rings. The Morgan fingerprint density at radius 1 is 1.43 bits per heavy atom. The summed E-state index contributed by atoms with van der Waals surface area (Å²) < 4.78 is 10.2. The van der Waals surface area contributed by atoms with Crippen molar-refractivity contribution in [2.75, 3.05) is 12.8 Å². The first-order valence-corrected chi connectivity index (χ1v) is 4.01. The summed E-state index contributed by atoms with van der Waals surface area (Å²) in [6.45, 7) is 0. The maximum Gasteiger partial charge on any atom is 0.251 e. The highest BCUT2D eigenvalue weighted by molar-refractivity contribution is 5.66. The Balaban J connectivity index is 2.53. The maximum atomic E-state index is 5.61. The minimum absolute atomic E-state index is 0.418. The molecular formula is C9H9N3O2. The number of nitrogen functional groups attached to an aromatic ring is 1. The van der Waals surface area contributed by atoms with Gasteiger partial charge < -0.3 is 14.9 Å². The van der Waals surface area contributed by atoms with Crippen LogP contribution in [-0.4, -0.2) is 17.3 Å². The van der Waals surface area contributed by atoms with E-state index in [4.69, 9.17) is 14.9 Å². The van der Waals surface area contributed by atoms with Gasteiger partial charge in [-0.1, -0.05) is 0 Å². The lowest BCUT2D eigenvalue weighted by Crippen LogP contribution is -1.91. The van der Waals surface area contributed by atoms with Gasteiger partial charge in [0.1, 0.15) is 5.75 Å². The van der Waals surface area contributed by atoms with Crippen LogP contribution in [0.2, 0.25) is 0 Å². The van der Waals surface area contributed by atoms with Crippen molar-refractivity contribution < 1.29 is 9.15 Å². The molecule has 0 bridgehead atoms. The summed E-state index contributed by atoms with van der Waals surface area (Å²) in [6.07, 6.45) is 1.27. The van der Waals surface area contributed by atoms with Gasteiger partial charge in [-0.2, -0.15) is 0 Å². The van der Waals surface area contributed by atoms with Crippen LogP contribution in [0.4, 0.5) is 5.69 Å². The van der Waals surface area contributed by atoms with E-state index >= 15 is 0 Å². The third-order valence-electron chi connectivity index (χ3n) is 1.82. The number of nitrogens with two attached hydrogens (primary N) is 1. The average Bonchev–Trinajstić information content (AvgIpc) is 2.70. The molecule has 1 aromatic heterocycles. The van der Waals surface area contributed by atoms with Gasteiger partial charge in [0, 0.05) is 11.8 Å². The average molecular weight is 191 g/mol. The lowest BCUT2D eigenvalue weighted by atomic mass is 10.2. The molecule has 14 heavy (non-hydrogen) atoms. The molecule has 0 spiro atoms. The lowest BCUT2D eigenvalue weighted by Gasteiger charge is -2.05. The molecule has 0 atom stereocenters. The van der Waals surface area contributed by atoms with Crippen LogP contribution in [0.5, 0.6) is 5.75 Å². The molecule has 5 nitrogen and oxygen atoms in total. The van der Waals surface area contributed by atoms with Gasteiger partial charge >= 0.3 is 0 Å². The number of rotatable bonds is 2. The summed E-state index contributed by atoms with van der Waals surface area (Å²) in [5, 5.41) is 7.38. The fourth-order valence-corrected chi connectivity index (χ4v) is 1.17. The predicted molar refractivity (Wildman–Crippen MR) is 50.7 cm³/mol. The molecule has 2 aromatic rings. The SMILES string of the molecule is COc1cc(N)ccc1-c1nnco1. The van der Waals surface area contributed by atoms with Crippen molar-refractivity contribution in [3.05, 3.63) is 24.6 Å². The Morgan fingerprint density at radius 2 is 2.29 bits per heavy atom. The van der Waals surface area contributed by atoms with Gasteiger partial charge in [0.05, 0.1) is 12.7 Å². The van der Waals surface area contributed by atoms with Gasteiger partial charge in [0.15, 0.2) is 0 Å². The van der Waals surface area contributed by atoms with E-state index in [0.717, 1.165) is 5.56 Å². The Labute approximate surface area is 80.5 Å².